The summed E-state index contributed by atoms with van der Waals surface area (Å²) in [4.78, 5) is 59.0. The van der Waals surface area contributed by atoms with E-state index in [4.69, 9.17) is 49.1 Å². The number of ether oxygens (including phenoxy) is 7. The summed E-state index contributed by atoms with van der Waals surface area (Å²) in [7, 11) is 0. The van der Waals surface area contributed by atoms with Crippen LogP contribution in [0, 0.1) is 0 Å². The number of hydroxylamine groups is 1. The quantitative estimate of drug-likeness (QED) is 0.0242. The standard InChI is InChI=1S/C29H54N10O12/c1-29(2,3)51-28(43)37-50-21-20-47-15-14-44-11-8-33-27(42)24(36-26(41)23-49-19-17-46-13-10-35-39-31)6-4-5-7-32-25(40)22-48-18-16-45-12-9-34-38-30/h24H,4-23H2,1-3H3,(H,32,40)(H,33,42)(H,36,41)(H,37,43)/t24-/m0/s1. The minimum atomic E-state index is -0.850. The second-order valence-corrected chi connectivity index (χ2v) is 11.2. The van der Waals surface area contributed by atoms with Crippen LogP contribution >= 0.6 is 0 Å². The number of carbonyl (C=O) groups excluding carboxylic acids is 4. The first kappa shape index (κ1) is 47.0. The SMILES string of the molecule is CC(C)(C)OC(=O)NOCCOCCOCCNC(=O)[C@H](CCCCNC(=O)COCCOCCN=[N+]=[N-])NC(=O)COCCOCCN=[N+]=[N-]. The van der Waals surface area contributed by atoms with Gasteiger partial charge in [0.1, 0.15) is 24.9 Å². The van der Waals surface area contributed by atoms with Crippen molar-refractivity contribution >= 4 is 23.8 Å². The molecular formula is C29H54N10O12. The van der Waals surface area contributed by atoms with Crippen molar-refractivity contribution in [3.8, 4) is 0 Å². The number of azide groups is 2. The zero-order valence-corrected chi connectivity index (χ0v) is 29.8. The summed E-state index contributed by atoms with van der Waals surface area (Å²) >= 11 is 0. The van der Waals surface area contributed by atoms with Crippen LogP contribution in [0.3, 0.4) is 0 Å². The van der Waals surface area contributed by atoms with Gasteiger partial charge in [-0.05, 0) is 51.1 Å². The molecule has 0 bridgehead atoms. The van der Waals surface area contributed by atoms with Crippen LogP contribution in [0.5, 0.6) is 0 Å². The van der Waals surface area contributed by atoms with Crippen molar-refractivity contribution in [2.75, 3.05) is 112 Å². The Morgan fingerprint density at radius 3 is 1.76 bits per heavy atom. The maximum Gasteiger partial charge on any atom is 0.431 e. The van der Waals surface area contributed by atoms with Crippen molar-refractivity contribution in [3.63, 3.8) is 0 Å². The molecule has 0 unspecified atom stereocenters. The molecule has 0 aromatic rings. The van der Waals surface area contributed by atoms with E-state index in [0.717, 1.165) is 0 Å². The van der Waals surface area contributed by atoms with E-state index in [0.29, 0.717) is 25.8 Å². The maximum absolute atomic E-state index is 12.9. The number of nitrogens with one attached hydrogen (secondary N) is 4. The van der Waals surface area contributed by atoms with Gasteiger partial charge in [0.25, 0.3) is 0 Å². The maximum atomic E-state index is 12.9. The van der Waals surface area contributed by atoms with Crippen molar-refractivity contribution < 1.29 is 57.2 Å². The number of hydrogen-bond acceptors (Lipinski definition) is 14. The number of carbonyl (C=O) groups is 4. The fourth-order valence-corrected chi connectivity index (χ4v) is 3.53. The first-order valence-corrected chi connectivity index (χ1v) is 16.5. The van der Waals surface area contributed by atoms with E-state index in [9.17, 15) is 19.2 Å². The number of hydrogen-bond donors (Lipinski definition) is 4. The highest BCUT2D eigenvalue weighted by atomic mass is 16.7. The fourth-order valence-electron chi connectivity index (χ4n) is 3.53. The predicted octanol–water partition coefficient (Wildman–Crippen LogP) is 1.05. The largest absolute Gasteiger partial charge is 0.442 e. The summed E-state index contributed by atoms with van der Waals surface area (Å²) in [5, 5.41) is 14.8. The monoisotopic (exact) mass is 734 g/mol. The lowest BCUT2D eigenvalue weighted by atomic mass is 10.1. The first-order valence-electron chi connectivity index (χ1n) is 16.5. The number of unbranched alkanes of at least 4 members (excludes halogenated alkanes) is 1. The van der Waals surface area contributed by atoms with Gasteiger partial charge in [0.2, 0.25) is 17.7 Å². The molecule has 292 valence electrons. The molecule has 0 spiro atoms. The molecule has 0 rings (SSSR count). The zero-order chi connectivity index (χ0) is 37.8. The molecule has 0 heterocycles. The predicted molar refractivity (Wildman–Crippen MR) is 180 cm³/mol. The Hall–Kier alpha value is -3.98. The molecule has 22 nitrogen and oxygen atoms in total. The van der Waals surface area contributed by atoms with Gasteiger partial charge in [-0.3, -0.25) is 19.2 Å². The van der Waals surface area contributed by atoms with Crippen molar-refractivity contribution in [2.45, 2.75) is 51.7 Å². The Morgan fingerprint density at radius 1 is 0.647 bits per heavy atom. The Kier molecular flexibility index (Phi) is 30.6. The molecule has 22 heteroatoms. The van der Waals surface area contributed by atoms with Crippen LogP contribution in [0.25, 0.3) is 20.9 Å². The average molecular weight is 735 g/mol. The lowest BCUT2D eigenvalue weighted by Gasteiger charge is -2.19. The van der Waals surface area contributed by atoms with Gasteiger partial charge in [-0.1, -0.05) is 10.2 Å². The minimum absolute atomic E-state index is 0.111. The van der Waals surface area contributed by atoms with Crippen LogP contribution in [0.1, 0.15) is 40.0 Å². The average Bonchev–Trinajstić information content (AvgIpc) is 3.07. The summed E-state index contributed by atoms with van der Waals surface area (Å²) < 4.78 is 36.8. The molecule has 0 aromatic heterocycles. The van der Waals surface area contributed by atoms with Gasteiger partial charge in [-0.15, -0.1) is 0 Å². The van der Waals surface area contributed by atoms with Crippen molar-refractivity contribution in [1.82, 2.24) is 21.4 Å². The van der Waals surface area contributed by atoms with Crippen LogP contribution in [-0.2, 0) is 52.4 Å². The molecule has 1 atom stereocenters. The molecule has 0 aromatic carbocycles. The van der Waals surface area contributed by atoms with E-state index in [1.807, 2.05) is 0 Å². The third-order valence-corrected chi connectivity index (χ3v) is 5.70. The Balaban J connectivity index is 4.36. The normalized spacial score (nSPS) is 11.4. The molecule has 4 N–H and O–H groups in total. The van der Waals surface area contributed by atoms with E-state index in [1.54, 1.807) is 20.8 Å². The molecular weight excluding hydrogens is 680 g/mol. The van der Waals surface area contributed by atoms with Crippen LogP contribution in [0.4, 0.5) is 4.79 Å². The number of amides is 4. The van der Waals surface area contributed by atoms with E-state index >= 15 is 0 Å². The summed E-state index contributed by atoms with van der Waals surface area (Å²) in [6, 6.07) is -0.850. The second kappa shape index (κ2) is 33.2. The van der Waals surface area contributed by atoms with E-state index in [2.05, 4.69) is 41.5 Å². The van der Waals surface area contributed by atoms with Gasteiger partial charge in [0.05, 0.1) is 72.7 Å². The van der Waals surface area contributed by atoms with Crippen molar-refractivity contribution in [3.05, 3.63) is 20.9 Å². The van der Waals surface area contributed by atoms with Crippen LogP contribution in [0.15, 0.2) is 10.2 Å². The van der Waals surface area contributed by atoms with Gasteiger partial charge >= 0.3 is 6.09 Å². The van der Waals surface area contributed by atoms with Gasteiger partial charge in [-0.25, -0.2) is 4.79 Å². The highest BCUT2D eigenvalue weighted by Gasteiger charge is 2.20. The molecule has 4 amide bonds. The highest BCUT2D eigenvalue weighted by molar-refractivity contribution is 5.88. The van der Waals surface area contributed by atoms with E-state index < -0.39 is 29.6 Å². The third-order valence-electron chi connectivity index (χ3n) is 5.70. The molecule has 0 aliphatic carbocycles. The van der Waals surface area contributed by atoms with Gasteiger partial charge in [-0.2, -0.15) is 5.48 Å². The van der Waals surface area contributed by atoms with Gasteiger partial charge in [0, 0.05) is 36.0 Å². The molecule has 0 saturated carbocycles. The molecule has 0 aliphatic heterocycles. The van der Waals surface area contributed by atoms with Gasteiger partial charge in [0.15, 0.2) is 0 Å². The molecule has 0 radical (unpaired) electrons. The smallest absolute Gasteiger partial charge is 0.431 e. The topological polar surface area (TPSA) is 288 Å². The molecule has 0 fully saturated rings. The summed E-state index contributed by atoms with van der Waals surface area (Å²) in [5.74, 6) is -1.20. The lowest BCUT2D eigenvalue weighted by Crippen LogP contribution is -2.48. The lowest BCUT2D eigenvalue weighted by molar-refractivity contribution is -0.132. The van der Waals surface area contributed by atoms with Crippen LogP contribution in [0.2, 0.25) is 0 Å². The summed E-state index contributed by atoms with van der Waals surface area (Å²) in [5.41, 5.74) is 18.0. The molecule has 51 heavy (non-hydrogen) atoms. The molecule has 0 saturated heterocycles. The summed E-state index contributed by atoms with van der Waals surface area (Å²) in [6.07, 6.45) is 0.668. The number of nitrogens with zero attached hydrogens (tertiary/aromatic N) is 6. The highest BCUT2D eigenvalue weighted by Crippen LogP contribution is 2.06. The van der Waals surface area contributed by atoms with Crippen molar-refractivity contribution in [1.29, 1.82) is 0 Å². The Labute approximate surface area is 297 Å². The minimum Gasteiger partial charge on any atom is -0.442 e. The fraction of sp³-hybridized carbons (Fsp3) is 0.862. The number of rotatable bonds is 33. The molecule has 0 aliphatic rings. The van der Waals surface area contributed by atoms with Crippen molar-refractivity contribution in [2.24, 2.45) is 10.2 Å². The van der Waals surface area contributed by atoms with Gasteiger partial charge < -0.3 is 49.1 Å². The Bertz CT molecular complexity index is 1050. The third kappa shape index (κ3) is 34.3. The van der Waals surface area contributed by atoms with Crippen LogP contribution < -0.4 is 21.4 Å². The van der Waals surface area contributed by atoms with E-state index in [1.165, 1.54) is 0 Å². The second-order valence-electron chi connectivity index (χ2n) is 11.2. The summed E-state index contributed by atoms with van der Waals surface area (Å²) in [6.45, 7) is 8.05. The zero-order valence-electron chi connectivity index (χ0n) is 29.8. The first-order chi connectivity index (χ1) is 24.6. The van der Waals surface area contributed by atoms with E-state index in [-0.39, 0.29) is 111 Å². The Morgan fingerprint density at radius 2 is 1.18 bits per heavy atom. The van der Waals surface area contributed by atoms with Crippen LogP contribution in [-0.4, -0.2) is 148 Å².